The van der Waals surface area contributed by atoms with Crippen molar-refractivity contribution in [1.82, 2.24) is 30.9 Å². The number of carbonyl (C=O) groups excluding carboxylic acids is 5. The molecule has 41 heavy (non-hydrogen) atoms. The van der Waals surface area contributed by atoms with E-state index in [4.69, 9.17) is 9.26 Å². The second kappa shape index (κ2) is 12.9. The molecule has 2 saturated heterocycles. The van der Waals surface area contributed by atoms with E-state index in [9.17, 15) is 24.0 Å². The van der Waals surface area contributed by atoms with Crippen LogP contribution in [0.2, 0.25) is 0 Å². The average molecular weight is 569 g/mol. The van der Waals surface area contributed by atoms with E-state index in [1.807, 2.05) is 30.3 Å². The smallest absolute Gasteiger partial charge is 0.292 e. The Morgan fingerprint density at radius 2 is 1.80 bits per heavy atom. The summed E-state index contributed by atoms with van der Waals surface area (Å²) in [5, 5.41) is 12.0. The summed E-state index contributed by atoms with van der Waals surface area (Å²) >= 11 is 0. The Labute approximate surface area is 237 Å². The topological polar surface area (TPSA) is 163 Å². The van der Waals surface area contributed by atoms with Gasteiger partial charge in [-0.1, -0.05) is 49.3 Å². The van der Waals surface area contributed by atoms with E-state index < -0.39 is 53.8 Å². The Morgan fingerprint density at radius 1 is 1.07 bits per heavy atom. The molecule has 2 bridgehead atoms. The standard InChI is InChI=1S/C28H36N6O7/c1-16(2)24-26(37)29-12-19-13-34(28(39)21-10-17(3)32-41-21)14-22(40-19)25(36)30-20(11-18-8-6-5-7-9-18)27(38)33(4)15-23(35)31-24/h5-10,16,19-20,22,24H,11-15H2,1-4H3,(H,29,37)(H,30,36)(H,31,35)/t19-,20+,22+,24-/m0/s1. The summed E-state index contributed by atoms with van der Waals surface area (Å²) in [5.41, 5.74) is 1.33. The highest BCUT2D eigenvalue weighted by Crippen LogP contribution is 2.17. The van der Waals surface area contributed by atoms with E-state index in [0.29, 0.717) is 5.69 Å². The highest BCUT2D eigenvalue weighted by Gasteiger charge is 2.38. The molecule has 2 aliphatic rings. The lowest BCUT2D eigenvalue weighted by Gasteiger charge is -2.37. The van der Waals surface area contributed by atoms with Gasteiger partial charge in [-0.2, -0.15) is 0 Å². The molecule has 0 spiro atoms. The Morgan fingerprint density at radius 3 is 2.46 bits per heavy atom. The Hall–Kier alpha value is -4.26. The van der Waals surface area contributed by atoms with Gasteiger partial charge in [0.15, 0.2) is 6.10 Å². The fraction of sp³-hybridized carbons (Fsp3) is 0.500. The van der Waals surface area contributed by atoms with Crippen molar-refractivity contribution in [1.29, 1.82) is 0 Å². The number of amides is 5. The van der Waals surface area contributed by atoms with Crippen LogP contribution >= 0.6 is 0 Å². The van der Waals surface area contributed by atoms with Crippen LogP contribution in [0.3, 0.4) is 0 Å². The zero-order valence-corrected chi connectivity index (χ0v) is 23.6. The van der Waals surface area contributed by atoms with Gasteiger partial charge in [0.25, 0.3) is 11.8 Å². The van der Waals surface area contributed by atoms with Crippen molar-refractivity contribution in [2.24, 2.45) is 5.92 Å². The molecule has 1 aromatic carbocycles. The molecule has 2 aliphatic heterocycles. The summed E-state index contributed by atoms with van der Waals surface area (Å²) < 4.78 is 11.2. The molecule has 5 amide bonds. The number of carbonyl (C=O) groups is 5. The van der Waals surface area contributed by atoms with Crippen LogP contribution in [0.4, 0.5) is 0 Å². The van der Waals surface area contributed by atoms with Gasteiger partial charge in [0, 0.05) is 32.6 Å². The minimum Gasteiger partial charge on any atom is -0.360 e. The first-order valence-electron chi connectivity index (χ1n) is 13.6. The van der Waals surface area contributed by atoms with Crippen molar-refractivity contribution in [3.8, 4) is 0 Å². The minimum atomic E-state index is -1.14. The monoisotopic (exact) mass is 568 g/mol. The largest absolute Gasteiger partial charge is 0.360 e. The maximum Gasteiger partial charge on any atom is 0.292 e. The molecule has 4 atom stereocenters. The third kappa shape index (κ3) is 7.48. The second-order valence-corrected chi connectivity index (χ2v) is 10.8. The van der Waals surface area contributed by atoms with E-state index in [1.54, 1.807) is 20.8 Å². The lowest BCUT2D eigenvalue weighted by atomic mass is 10.0. The number of likely N-dealkylation sites (N-methyl/N-ethyl adjacent to an activating group) is 1. The number of hydrogen-bond donors (Lipinski definition) is 3. The molecule has 4 rings (SSSR count). The van der Waals surface area contributed by atoms with Crippen LogP contribution in [-0.4, -0.2) is 102 Å². The fourth-order valence-corrected chi connectivity index (χ4v) is 4.83. The first-order valence-corrected chi connectivity index (χ1v) is 13.6. The third-order valence-corrected chi connectivity index (χ3v) is 7.01. The number of nitrogens with zero attached hydrogens (tertiary/aromatic N) is 3. The van der Waals surface area contributed by atoms with Crippen molar-refractivity contribution in [2.75, 3.05) is 33.2 Å². The van der Waals surface area contributed by atoms with Crippen LogP contribution in [0, 0.1) is 12.8 Å². The van der Waals surface area contributed by atoms with E-state index in [2.05, 4.69) is 21.1 Å². The molecule has 13 nitrogen and oxygen atoms in total. The van der Waals surface area contributed by atoms with Crippen LogP contribution < -0.4 is 16.0 Å². The van der Waals surface area contributed by atoms with Crippen molar-refractivity contribution in [2.45, 2.75) is 51.5 Å². The fourth-order valence-electron chi connectivity index (χ4n) is 4.83. The maximum absolute atomic E-state index is 13.5. The summed E-state index contributed by atoms with van der Waals surface area (Å²) in [7, 11) is 1.46. The van der Waals surface area contributed by atoms with Crippen LogP contribution in [0.5, 0.6) is 0 Å². The molecule has 13 heteroatoms. The minimum absolute atomic E-state index is 0.0126. The molecule has 2 fully saturated rings. The van der Waals surface area contributed by atoms with Gasteiger partial charge < -0.3 is 35.0 Å². The Bertz CT molecular complexity index is 1280. The molecular weight excluding hydrogens is 532 g/mol. The summed E-state index contributed by atoms with van der Waals surface area (Å²) in [6, 6.07) is 8.77. The lowest BCUT2D eigenvalue weighted by Crippen LogP contribution is -2.59. The summed E-state index contributed by atoms with van der Waals surface area (Å²) in [6.07, 6.45) is -1.72. The lowest BCUT2D eigenvalue weighted by molar-refractivity contribution is -0.148. The molecule has 220 valence electrons. The molecular formula is C28H36N6O7. The van der Waals surface area contributed by atoms with Gasteiger partial charge in [0.2, 0.25) is 23.5 Å². The summed E-state index contributed by atoms with van der Waals surface area (Å²) in [4.78, 5) is 68.8. The number of aromatic nitrogens is 1. The molecule has 0 radical (unpaired) electrons. The number of rotatable bonds is 4. The van der Waals surface area contributed by atoms with Crippen molar-refractivity contribution in [3.05, 3.63) is 53.4 Å². The third-order valence-electron chi connectivity index (χ3n) is 7.01. The Balaban J connectivity index is 1.65. The zero-order valence-electron chi connectivity index (χ0n) is 23.6. The SMILES string of the molecule is Cc1cc(C(=O)N2C[C@@H]3CNC(=O)[C@H](C(C)C)NC(=O)CN(C)C(=O)[C@@H](Cc4ccccc4)NC(=O)[C@@H](C2)O3)on1. The number of morpholine rings is 1. The average Bonchev–Trinajstić information content (AvgIpc) is 3.39. The normalized spacial score (nSPS) is 24.7. The van der Waals surface area contributed by atoms with Crippen molar-refractivity contribution < 1.29 is 33.2 Å². The molecule has 2 aromatic rings. The highest BCUT2D eigenvalue weighted by molar-refractivity contribution is 5.95. The van der Waals surface area contributed by atoms with Gasteiger partial charge >= 0.3 is 0 Å². The van der Waals surface area contributed by atoms with Crippen LogP contribution in [0.1, 0.15) is 35.7 Å². The molecule has 1 aromatic heterocycles. The van der Waals surface area contributed by atoms with Gasteiger partial charge in [0.05, 0.1) is 24.9 Å². The van der Waals surface area contributed by atoms with Gasteiger partial charge in [-0.05, 0) is 18.4 Å². The zero-order chi connectivity index (χ0) is 29.7. The van der Waals surface area contributed by atoms with Gasteiger partial charge in [-0.3, -0.25) is 24.0 Å². The molecule has 3 heterocycles. The van der Waals surface area contributed by atoms with Crippen LogP contribution in [-0.2, 0) is 30.3 Å². The molecule has 0 aliphatic carbocycles. The maximum atomic E-state index is 13.5. The van der Waals surface area contributed by atoms with Crippen molar-refractivity contribution in [3.63, 3.8) is 0 Å². The first kappa shape index (κ1) is 29.7. The number of fused-ring (bicyclic) bond motifs is 2. The quantitative estimate of drug-likeness (QED) is 0.451. The molecule has 0 saturated carbocycles. The highest BCUT2D eigenvalue weighted by atomic mass is 16.5. The number of hydrogen-bond acceptors (Lipinski definition) is 8. The van der Waals surface area contributed by atoms with E-state index in [-0.39, 0.29) is 44.3 Å². The summed E-state index contributed by atoms with van der Waals surface area (Å²) in [5.74, 6) is -2.77. The van der Waals surface area contributed by atoms with Crippen LogP contribution in [0.25, 0.3) is 0 Å². The number of benzene rings is 1. The Kier molecular flexibility index (Phi) is 9.38. The molecule has 0 unspecified atom stereocenters. The van der Waals surface area contributed by atoms with Crippen molar-refractivity contribution >= 4 is 29.5 Å². The van der Waals surface area contributed by atoms with Crippen LogP contribution in [0.15, 0.2) is 40.9 Å². The summed E-state index contributed by atoms with van der Waals surface area (Å²) in [6.45, 7) is 4.90. The number of aryl methyl sites for hydroxylation is 1. The van der Waals surface area contributed by atoms with E-state index in [0.717, 1.165) is 5.56 Å². The van der Waals surface area contributed by atoms with Gasteiger partial charge in [0.1, 0.15) is 12.1 Å². The predicted octanol–water partition coefficient (Wildman–Crippen LogP) is -0.351. The van der Waals surface area contributed by atoms with E-state index in [1.165, 1.54) is 22.9 Å². The number of nitrogens with one attached hydrogen (secondary N) is 3. The number of ether oxygens (including phenoxy) is 1. The van der Waals surface area contributed by atoms with Gasteiger partial charge in [-0.25, -0.2) is 0 Å². The van der Waals surface area contributed by atoms with Gasteiger partial charge in [-0.15, -0.1) is 0 Å². The van der Waals surface area contributed by atoms with E-state index >= 15 is 0 Å². The first-order chi connectivity index (χ1) is 19.5. The second-order valence-electron chi connectivity index (χ2n) is 10.8. The predicted molar refractivity (Wildman–Crippen MR) is 145 cm³/mol. The molecule has 3 N–H and O–H groups in total.